The van der Waals surface area contributed by atoms with Crippen LogP contribution in [-0.2, 0) is 5.88 Å². The molecule has 0 aliphatic carbocycles. The van der Waals surface area contributed by atoms with Crippen LogP contribution in [0.5, 0.6) is 0 Å². The Labute approximate surface area is 99.9 Å². The van der Waals surface area contributed by atoms with Gasteiger partial charge in [-0.15, -0.1) is 22.9 Å². The van der Waals surface area contributed by atoms with E-state index in [1.165, 1.54) is 5.56 Å². The largest absolute Gasteiger partial charge is 0.248 e. The molecule has 0 aliphatic heterocycles. The third kappa shape index (κ3) is 2.16. The summed E-state index contributed by atoms with van der Waals surface area (Å²) in [6.07, 6.45) is 1.87. The normalized spacial score (nSPS) is 10.4. The molecule has 0 bridgehead atoms. The Balaban J connectivity index is 2.39. The summed E-state index contributed by atoms with van der Waals surface area (Å²) in [5.74, 6) is 0.485. The number of halogens is 2. The fourth-order valence-electron chi connectivity index (χ4n) is 1.15. The van der Waals surface area contributed by atoms with Crippen molar-refractivity contribution in [1.82, 2.24) is 4.98 Å². The molecule has 72 valence electrons. The number of alkyl halides is 1. The minimum Gasteiger partial charge on any atom is -0.248 e. The minimum atomic E-state index is 0.485. The van der Waals surface area contributed by atoms with Crippen molar-refractivity contribution in [2.75, 3.05) is 0 Å². The molecule has 0 unspecified atom stereocenters. The number of aromatic nitrogens is 1. The highest BCUT2D eigenvalue weighted by Crippen LogP contribution is 2.28. The summed E-state index contributed by atoms with van der Waals surface area (Å²) in [6, 6.07) is 8.16. The molecule has 2 aromatic rings. The molecule has 1 aromatic heterocycles. The van der Waals surface area contributed by atoms with Gasteiger partial charge in [-0.2, -0.15) is 0 Å². The summed E-state index contributed by atoms with van der Waals surface area (Å²) in [7, 11) is 0. The van der Waals surface area contributed by atoms with Crippen LogP contribution in [0.1, 0.15) is 5.01 Å². The first kappa shape index (κ1) is 10.1. The Bertz CT molecular complexity index is 441. The Morgan fingerprint density at radius 2 is 2.29 bits per heavy atom. The van der Waals surface area contributed by atoms with Crippen LogP contribution in [0.2, 0.25) is 0 Å². The van der Waals surface area contributed by atoms with Gasteiger partial charge in [0.05, 0.1) is 10.8 Å². The lowest BCUT2D eigenvalue weighted by Crippen LogP contribution is -1.70. The molecule has 1 nitrogen and oxygen atoms in total. The summed E-state index contributed by atoms with van der Waals surface area (Å²) >= 11 is 10.8. The van der Waals surface area contributed by atoms with Gasteiger partial charge in [-0.3, -0.25) is 0 Å². The Hall–Kier alpha value is -0.380. The van der Waals surface area contributed by atoms with Gasteiger partial charge in [-0.1, -0.05) is 28.1 Å². The van der Waals surface area contributed by atoms with Crippen molar-refractivity contribution in [3.05, 3.63) is 39.9 Å². The zero-order valence-electron chi connectivity index (χ0n) is 7.21. The number of hydrogen-bond acceptors (Lipinski definition) is 2. The maximum absolute atomic E-state index is 5.70. The number of rotatable bonds is 2. The fraction of sp³-hybridized carbons (Fsp3) is 0.100. The van der Waals surface area contributed by atoms with E-state index in [0.29, 0.717) is 5.88 Å². The molecule has 4 heteroatoms. The summed E-state index contributed by atoms with van der Waals surface area (Å²) in [5, 5.41) is 0.960. The molecule has 0 spiro atoms. The van der Waals surface area contributed by atoms with Crippen molar-refractivity contribution in [3.63, 3.8) is 0 Å². The molecule has 0 saturated heterocycles. The van der Waals surface area contributed by atoms with Gasteiger partial charge in [0.2, 0.25) is 0 Å². The first-order valence-corrected chi connectivity index (χ1v) is 6.20. The van der Waals surface area contributed by atoms with Gasteiger partial charge in [0.15, 0.2) is 0 Å². The monoisotopic (exact) mass is 287 g/mol. The SMILES string of the molecule is ClCc1ncc(-c2cccc(Br)c2)s1. The van der Waals surface area contributed by atoms with E-state index in [9.17, 15) is 0 Å². The van der Waals surface area contributed by atoms with E-state index in [0.717, 1.165) is 14.4 Å². The van der Waals surface area contributed by atoms with Gasteiger partial charge in [-0.25, -0.2) is 4.98 Å². The first-order valence-electron chi connectivity index (χ1n) is 4.06. The second-order valence-electron chi connectivity index (χ2n) is 2.76. The smallest absolute Gasteiger partial charge is 0.108 e. The van der Waals surface area contributed by atoms with Crippen LogP contribution in [0, 0.1) is 0 Å². The van der Waals surface area contributed by atoms with E-state index in [4.69, 9.17) is 11.6 Å². The maximum Gasteiger partial charge on any atom is 0.108 e. The lowest BCUT2D eigenvalue weighted by molar-refractivity contribution is 1.26. The molecule has 0 atom stereocenters. The minimum absolute atomic E-state index is 0.485. The molecular weight excluding hydrogens is 282 g/mol. The summed E-state index contributed by atoms with van der Waals surface area (Å²) in [4.78, 5) is 5.37. The Morgan fingerprint density at radius 3 is 2.93 bits per heavy atom. The predicted octanol–water partition coefficient (Wildman–Crippen LogP) is 4.31. The summed E-state index contributed by atoms with van der Waals surface area (Å²) < 4.78 is 1.08. The second kappa shape index (κ2) is 4.43. The Kier molecular flexibility index (Phi) is 3.21. The van der Waals surface area contributed by atoms with E-state index in [1.807, 2.05) is 18.3 Å². The molecule has 14 heavy (non-hydrogen) atoms. The van der Waals surface area contributed by atoms with Crippen LogP contribution < -0.4 is 0 Å². The number of thiazole rings is 1. The van der Waals surface area contributed by atoms with Crippen LogP contribution in [0.3, 0.4) is 0 Å². The molecule has 1 heterocycles. The van der Waals surface area contributed by atoms with Crippen LogP contribution in [0.25, 0.3) is 10.4 Å². The van der Waals surface area contributed by atoms with Crippen molar-refractivity contribution in [2.45, 2.75) is 5.88 Å². The molecule has 0 N–H and O–H groups in total. The highest BCUT2D eigenvalue weighted by atomic mass is 79.9. The van der Waals surface area contributed by atoms with E-state index in [-0.39, 0.29) is 0 Å². The van der Waals surface area contributed by atoms with E-state index in [1.54, 1.807) is 11.3 Å². The van der Waals surface area contributed by atoms with Crippen molar-refractivity contribution in [2.24, 2.45) is 0 Å². The third-order valence-corrected chi connectivity index (χ3v) is 3.73. The lowest BCUT2D eigenvalue weighted by Gasteiger charge is -1.96. The quantitative estimate of drug-likeness (QED) is 0.750. The van der Waals surface area contributed by atoms with Gasteiger partial charge in [0, 0.05) is 10.7 Å². The highest BCUT2D eigenvalue weighted by Gasteiger charge is 2.03. The summed E-state index contributed by atoms with van der Waals surface area (Å²) in [6.45, 7) is 0. The van der Waals surface area contributed by atoms with Crippen molar-refractivity contribution in [1.29, 1.82) is 0 Å². The predicted molar refractivity (Wildman–Crippen MR) is 64.8 cm³/mol. The average molecular weight is 289 g/mol. The van der Waals surface area contributed by atoms with E-state index >= 15 is 0 Å². The zero-order valence-corrected chi connectivity index (χ0v) is 10.4. The molecule has 0 amide bonds. The van der Waals surface area contributed by atoms with Gasteiger partial charge in [-0.05, 0) is 17.7 Å². The first-order chi connectivity index (χ1) is 6.79. The standard InChI is InChI=1S/C10H7BrClNS/c11-8-3-1-2-7(4-8)9-6-13-10(5-12)14-9/h1-4,6H,5H2. The number of nitrogens with zero attached hydrogens (tertiary/aromatic N) is 1. The van der Waals surface area contributed by atoms with Crippen LogP contribution >= 0.6 is 38.9 Å². The molecule has 1 aromatic carbocycles. The van der Waals surface area contributed by atoms with Crippen LogP contribution in [0.4, 0.5) is 0 Å². The van der Waals surface area contributed by atoms with Gasteiger partial charge < -0.3 is 0 Å². The average Bonchev–Trinajstić information content (AvgIpc) is 2.66. The third-order valence-electron chi connectivity index (χ3n) is 1.78. The van der Waals surface area contributed by atoms with Crippen molar-refractivity contribution >= 4 is 38.9 Å². The fourth-order valence-corrected chi connectivity index (χ4v) is 2.54. The number of benzene rings is 1. The lowest BCUT2D eigenvalue weighted by atomic mass is 10.2. The molecule has 0 saturated carbocycles. The zero-order chi connectivity index (χ0) is 9.97. The number of hydrogen-bond donors (Lipinski definition) is 0. The molecule has 0 aliphatic rings. The van der Waals surface area contributed by atoms with Crippen LogP contribution in [0.15, 0.2) is 34.9 Å². The van der Waals surface area contributed by atoms with E-state index < -0.39 is 0 Å². The van der Waals surface area contributed by atoms with Gasteiger partial charge in [0.25, 0.3) is 0 Å². The summed E-state index contributed by atoms with van der Waals surface area (Å²) in [5.41, 5.74) is 1.17. The van der Waals surface area contributed by atoms with Crippen molar-refractivity contribution < 1.29 is 0 Å². The molecular formula is C10H7BrClNS. The van der Waals surface area contributed by atoms with Crippen LogP contribution in [-0.4, -0.2) is 4.98 Å². The van der Waals surface area contributed by atoms with Crippen molar-refractivity contribution in [3.8, 4) is 10.4 Å². The maximum atomic E-state index is 5.70. The molecule has 2 rings (SSSR count). The molecule has 0 fully saturated rings. The van der Waals surface area contributed by atoms with E-state index in [2.05, 4.69) is 33.0 Å². The Morgan fingerprint density at radius 1 is 1.43 bits per heavy atom. The second-order valence-corrected chi connectivity index (χ2v) is 5.06. The topological polar surface area (TPSA) is 12.9 Å². The van der Waals surface area contributed by atoms with Gasteiger partial charge >= 0.3 is 0 Å². The molecule has 0 radical (unpaired) electrons. The highest BCUT2D eigenvalue weighted by molar-refractivity contribution is 9.10. The van der Waals surface area contributed by atoms with Gasteiger partial charge in [0.1, 0.15) is 5.01 Å².